The van der Waals surface area contributed by atoms with Crippen LogP contribution >= 0.6 is 11.3 Å². The molecule has 19 heavy (non-hydrogen) atoms. The molecular weight excluding hydrogens is 268 g/mol. The number of anilines is 2. The fourth-order valence-corrected chi connectivity index (χ4v) is 2.07. The minimum atomic E-state index is -0.488. The zero-order valence-corrected chi connectivity index (χ0v) is 10.7. The molecule has 0 bridgehead atoms. The van der Waals surface area contributed by atoms with Crippen LogP contribution in [0.3, 0.4) is 0 Å². The molecule has 9 heteroatoms. The van der Waals surface area contributed by atoms with Crippen molar-refractivity contribution in [2.45, 2.75) is 6.42 Å². The van der Waals surface area contributed by atoms with E-state index < -0.39 is 4.92 Å². The lowest BCUT2D eigenvalue weighted by Gasteiger charge is -2.07. The van der Waals surface area contributed by atoms with Gasteiger partial charge in [-0.1, -0.05) is 0 Å². The number of rotatable bonds is 6. The predicted octanol–water partition coefficient (Wildman–Crippen LogP) is 1.39. The number of nitrogens with zero attached hydrogens (tertiary/aromatic N) is 3. The van der Waals surface area contributed by atoms with Crippen molar-refractivity contribution < 1.29 is 4.92 Å². The van der Waals surface area contributed by atoms with Crippen LogP contribution in [-0.4, -0.2) is 21.4 Å². The second-order valence-corrected chi connectivity index (χ2v) is 4.34. The molecule has 0 radical (unpaired) electrons. The lowest BCUT2D eigenvalue weighted by molar-refractivity contribution is -0.384. The number of aromatic nitrogens is 2. The number of pyridine rings is 1. The molecule has 2 aromatic heterocycles. The highest BCUT2D eigenvalue weighted by Gasteiger charge is 2.15. The van der Waals surface area contributed by atoms with Crippen molar-refractivity contribution in [3.05, 3.63) is 38.8 Å². The van der Waals surface area contributed by atoms with Gasteiger partial charge in [0.1, 0.15) is 5.82 Å². The molecule has 0 aliphatic carbocycles. The summed E-state index contributed by atoms with van der Waals surface area (Å²) in [7, 11) is 0. The molecule has 8 nitrogen and oxygen atoms in total. The molecule has 0 aromatic carbocycles. The van der Waals surface area contributed by atoms with Crippen LogP contribution in [0.15, 0.2) is 23.0 Å². The summed E-state index contributed by atoms with van der Waals surface area (Å²) in [5.41, 5.74) is 4.95. The highest BCUT2D eigenvalue weighted by atomic mass is 32.1. The summed E-state index contributed by atoms with van der Waals surface area (Å²) in [6.45, 7) is 0.506. The summed E-state index contributed by atoms with van der Waals surface area (Å²) in [6, 6.07) is 2.80. The molecule has 2 rings (SSSR count). The number of thiazole rings is 1. The highest BCUT2D eigenvalue weighted by Crippen LogP contribution is 2.23. The summed E-state index contributed by atoms with van der Waals surface area (Å²) in [5.74, 6) is 5.79. The summed E-state index contributed by atoms with van der Waals surface area (Å²) in [6.07, 6.45) is 0.669. The number of nitrogens with two attached hydrogens (primary N) is 1. The zero-order chi connectivity index (χ0) is 13.7. The van der Waals surface area contributed by atoms with Crippen molar-refractivity contribution in [3.63, 3.8) is 0 Å². The third-order valence-electron chi connectivity index (χ3n) is 2.38. The summed E-state index contributed by atoms with van der Waals surface area (Å²) >= 11 is 1.51. The van der Waals surface area contributed by atoms with Crippen LogP contribution in [0.25, 0.3) is 0 Å². The van der Waals surface area contributed by atoms with E-state index in [2.05, 4.69) is 20.7 Å². The molecule has 0 atom stereocenters. The van der Waals surface area contributed by atoms with E-state index in [1.807, 2.05) is 5.38 Å². The maximum Gasteiger partial charge on any atom is 0.311 e. The van der Waals surface area contributed by atoms with Gasteiger partial charge in [-0.25, -0.2) is 15.8 Å². The van der Waals surface area contributed by atoms with Crippen molar-refractivity contribution in [1.82, 2.24) is 9.97 Å². The maximum atomic E-state index is 10.9. The molecule has 2 heterocycles. The minimum Gasteiger partial charge on any atom is -0.364 e. The average Bonchev–Trinajstić information content (AvgIpc) is 2.91. The maximum absolute atomic E-state index is 10.9. The van der Waals surface area contributed by atoms with Gasteiger partial charge < -0.3 is 10.7 Å². The quantitative estimate of drug-likeness (QED) is 0.415. The Labute approximate surface area is 112 Å². The second-order valence-electron chi connectivity index (χ2n) is 3.62. The van der Waals surface area contributed by atoms with Crippen molar-refractivity contribution in [1.29, 1.82) is 0 Å². The summed E-state index contributed by atoms with van der Waals surface area (Å²) in [5, 5.41) is 15.7. The number of nitrogen functional groups attached to an aromatic ring is 1. The Morgan fingerprint density at radius 1 is 1.47 bits per heavy atom. The Morgan fingerprint density at radius 3 is 2.95 bits per heavy atom. The first kappa shape index (κ1) is 13.2. The van der Waals surface area contributed by atoms with Crippen molar-refractivity contribution in [3.8, 4) is 0 Å². The molecule has 0 saturated heterocycles. The van der Waals surface area contributed by atoms with E-state index in [4.69, 9.17) is 5.84 Å². The Bertz CT molecular complexity index is 559. The molecule has 0 saturated carbocycles. The first-order chi connectivity index (χ1) is 9.20. The van der Waals surface area contributed by atoms with Gasteiger partial charge in [0.15, 0.2) is 0 Å². The Kier molecular flexibility index (Phi) is 4.21. The van der Waals surface area contributed by atoms with E-state index in [9.17, 15) is 10.1 Å². The van der Waals surface area contributed by atoms with E-state index in [1.54, 1.807) is 5.51 Å². The topological polar surface area (TPSA) is 119 Å². The summed E-state index contributed by atoms with van der Waals surface area (Å²) < 4.78 is 0. The largest absolute Gasteiger partial charge is 0.364 e. The second kappa shape index (κ2) is 6.07. The highest BCUT2D eigenvalue weighted by molar-refractivity contribution is 7.07. The van der Waals surface area contributed by atoms with E-state index in [0.29, 0.717) is 18.8 Å². The van der Waals surface area contributed by atoms with Crippen LogP contribution in [0.1, 0.15) is 5.69 Å². The molecule has 100 valence electrons. The molecule has 0 fully saturated rings. The number of hydrogen-bond donors (Lipinski definition) is 3. The molecular formula is C10H12N6O2S. The van der Waals surface area contributed by atoms with Crippen LogP contribution in [-0.2, 0) is 6.42 Å². The number of hydrazine groups is 1. The standard InChI is InChI=1S/C10H12N6O2S/c11-15-9-2-1-8(16(17)18)10(14-9)12-4-3-7-5-19-6-13-7/h1-2,5-6H,3-4,11H2,(H2,12,14,15). The van der Waals surface area contributed by atoms with Crippen LogP contribution < -0.4 is 16.6 Å². The molecule has 0 unspecified atom stereocenters. The molecule has 0 amide bonds. The monoisotopic (exact) mass is 280 g/mol. The lowest BCUT2D eigenvalue weighted by atomic mass is 10.3. The van der Waals surface area contributed by atoms with Gasteiger partial charge in [-0.2, -0.15) is 0 Å². The zero-order valence-electron chi connectivity index (χ0n) is 9.87. The van der Waals surface area contributed by atoms with Crippen molar-refractivity contribution in [2.24, 2.45) is 5.84 Å². The Morgan fingerprint density at radius 2 is 2.32 bits per heavy atom. The van der Waals surface area contributed by atoms with Crippen molar-refractivity contribution in [2.75, 3.05) is 17.3 Å². The third kappa shape index (κ3) is 3.36. The van der Waals surface area contributed by atoms with Gasteiger partial charge in [-0.3, -0.25) is 10.1 Å². The predicted molar refractivity (Wildman–Crippen MR) is 73.0 cm³/mol. The van der Waals surface area contributed by atoms with Gasteiger partial charge in [0, 0.05) is 24.4 Å². The van der Waals surface area contributed by atoms with E-state index >= 15 is 0 Å². The van der Waals surface area contributed by atoms with E-state index in [0.717, 1.165) is 5.69 Å². The normalized spacial score (nSPS) is 10.2. The van der Waals surface area contributed by atoms with Gasteiger partial charge in [-0.15, -0.1) is 11.3 Å². The van der Waals surface area contributed by atoms with E-state index in [-0.39, 0.29) is 11.5 Å². The smallest absolute Gasteiger partial charge is 0.311 e. The first-order valence-electron chi connectivity index (χ1n) is 5.43. The molecule has 0 spiro atoms. The molecule has 0 aliphatic heterocycles. The van der Waals surface area contributed by atoms with Crippen LogP contribution in [0.2, 0.25) is 0 Å². The average molecular weight is 280 g/mol. The summed E-state index contributed by atoms with van der Waals surface area (Å²) in [4.78, 5) is 18.5. The van der Waals surface area contributed by atoms with Crippen molar-refractivity contribution >= 4 is 28.7 Å². The van der Waals surface area contributed by atoms with Gasteiger partial charge >= 0.3 is 5.69 Å². The van der Waals surface area contributed by atoms with Crippen LogP contribution in [0.5, 0.6) is 0 Å². The number of hydrogen-bond acceptors (Lipinski definition) is 8. The van der Waals surface area contributed by atoms with Gasteiger partial charge in [0.25, 0.3) is 0 Å². The van der Waals surface area contributed by atoms with E-state index in [1.165, 1.54) is 23.5 Å². The molecule has 2 aromatic rings. The fraction of sp³-hybridized carbons (Fsp3) is 0.200. The number of nitrogens with one attached hydrogen (secondary N) is 2. The van der Waals surface area contributed by atoms with Crippen LogP contribution in [0, 0.1) is 10.1 Å². The minimum absolute atomic E-state index is 0.0859. The van der Waals surface area contributed by atoms with Gasteiger partial charge in [-0.05, 0) is 6.07 Å². The number of nitro groups is 1. The fourth-order valence-electron chi connectivity index (χ4n) is 1.48. The third-order valence-corrected chi connectivity index (χ3v) is 3.01. The Balaban J connectivity index is 2.06. The molecule has 4 N–H and O–H groups in total. The van der Waals surface area contributed by atoms with Gasteiger partial charge in [0.05, 0.1) is 16.1 Å². The SMILES string of the molecule is NNc1ccc([N+](=O)[O-])c(NCCc2cscn2)n1. The first-order valence-corrected chi connectivity index (χ1v) is 6.38. The van der Waals surface area contributed by atoms with Gasteiger partial charge in [0.2, 0.25) is 5.82 Å². The van der Waals surface area contributed by atoms with Crippen LogP contribution in [0.4, 0.5) is 17.3 Å². The molecule has 0 aliphatic rings. The Hall–Kier alpha value is -2.26. The lowest BCUT2D eigenvalue weighted by Crippen LogP contribution is -2.12.